The second-order valence-electron chi connectivity index (χ2n) is 5.03. The van der Waals surface area contributed by atoms with Gasteiger partial charge in [0.15, 0.2) is 5.60 Å². The van der Waals surface area contributed by atoms with E-state index in [-0.39, 0.29) is 13.0 Å². The largest absolute Gasteiger partial charge is 0.467 e. The van der Waals surface area contributed by atoms with Crippen LogP contribution >= 0.6 is 0 Å². The fraction of sp³-hybridized carbons (Fsp3) is 0.500. The van der Waals surface area contributed by atoms with E-state index >= 15 is 0 Å². The minimum atomic E-state index is -3.18. The predicted octanol–water partition coefficient (Wildman–Crippen LogP) is 2.86. The molecule has 0 fully saturated rings. The van der Waals surface area contributed by atoms with Gasteiger partial charge in [0.1, 0.15) is 6.61 Å². The van der Waals surface area contributed by atoms with E-state index in [1.807, 2.05) is 6.07 Å². The summed E-state index contributed by atoms with van der Waals surface area (Å²) in [5.74, 6) is -0.979. The minimum absolute atomic E-state index is 0.0153. The van der Waals surface area contributed by atoms with Crippen LogP contribution in [0.2, 0.25) is 0 Å². The quantitative estimate of drug-likeness (QED) is 0.697. The van der Waals surface area contributed by atoms with E-state index in [4.69, 9.17) is 4.74 Å². The molecule has 24 heavy (non-hydrogen) atoms. The lowest BCUT2D eigenvalue weighted by molar-refractivity contribution is -0.223. The first-order valence-corrected chi connectivity index (χ1v) is 7.42. The molecule has 1 amide bonds. The molecule has 0 bridgehead atoms. The number of alkyl halides is 2. The summed E-state index contributed by atoms with van der Waals surface area (Å²) < 4.78 is 39.3. The number of nitrogens with one attached hydrogen (secondary N) is 1. The Hall–Kier alpha value is -2.22. The Kier molecular flexibility index (Phi) is 8.11. The Morgan fingerprint density at radius 1 is 1.25 bits per heavy atom. The predicted molar refractivity (Wildman–Crippen MR) is 81.4 cm³/mol. The fourth-order valence-electron chi connectivity index (χ4n) is 2.16. The third-order valence-electron chi connectivity index (χ3n) is 3.26. The maximum atomic E-state index is 12.7. The van der Waals surface area contributed by atoms with Crippen LogP contribution in [0.3, 0.4) is 0 Å². The van der Waals surface area contributed by atoms with Crippen molar-refractivity contribution >= 4 is 12.1 Å². The summed E-state index contributed by atoms with van der Waals surface area (Å²) in [6.07, 6.45) is -0.507. The number of carbonyl (C=O) groups is 2. The molecular weight excluding hydrogens is 324 g/mol. The van der Waals surface area contributed by atoms with Gasteiger partial charge in [0.2, 0.25) is 0 Å². The molecule has 0 unspecified atom stereocenters. The van der Waals surface area contributed by atoms with Crippen LogP contribution in [0.5, 0.6) is 0 Å². The van der Waals surface area contributed by atoms with Crippen LogP contribution in [-0.4, -0.2) is 37.9 Å². The zero-order chi connectivity index (χ0) is 18.0. The monoisotopic (exact) mass is 345 g/mol. The smallest absolute Gasteiger partial charge is 0.407 e. The number of alkyl carbamates (subject to hydrolysis) is 1. The lowest BCUT2D eigenvalue weighted by Crippen LogP contribution is -2.52. The van der Waals surface area contributed by atoms with Gasteiger partial charge in [-0.2, -0.15) is 8.78 Å². The molecule has 0 aliphatic rings. The Morgan fingerprint density at radius 2 is 1.92 bits per heavy atom. The van der Waals surface area contributed by atoms with E-state index in [1.54, 1.807) is 31.2 Å². The molecule has 1 atom stereocenters. The number of esters is 1. The van der Waals surface area contributed by atoms with Crippen LogP contribution in [0, 0.1) is 0 Å². The third-order valence-corrected chi connectivity index (χ3v) is 3.26. The SMILES string of the molecule is CCC[C@@](CNC(=O)OCc1ccccc1)(OC(F)F)C(=O)OC. The number of rotatable bonds is 9. The van der Waals surface area contributed by atoms with Crippen molar-refractivity contribution in [3.8, 4) is 0 Å². The molecule has 0 aliphatic heterocycles. The maximum absolute atomic E-state index is 12.7. The lowest BCUT2D eigenvalue weighted by atomic mass is 9.97. The molecule has 1 N–H and O–H groups in total. The van der Waals surface area contributed by atoms with Gasteiger partial charge in [-0.15, -0.1) is 0 Å². The second kappa shape index (κ2) is 9.82. The molecule has 1 aromatic carbocycles. The van der Waals surface area contributed by atoms with E-state index in [2.05, 4.69) is 14.8 Å². The maximum Gasteiger partial charge on any atom is 0.407 e. The molecule has 0 saturated heterocycles. The Bertz CT molecular complexity index is 526. The summed E-state index contributed by atoms with van der Waals surface area (Å²) in [6.45, 7) is -1.95. The molecule has 0 spiro atoms. The van der Waals surface area contributed by atoms with Crippen LogP contribution in [0.4, 0.5) is 13.6 Å². The van der Waals surface area contributed by atoms with Crippen LogP contribution in [0.25, 0.3) is 0 Å². The summed E-state index contributed by atoms with van der Waals surface area (Å²) in [4.78, 5) is 23.6. The number of ether oxygens (including phenoxy) is 3. The van der Waals surface area contributed by atoms with E-state index in [1.165, 1.54) is 0 Å². The van der Waals surface area contributed by atoms with Gasteiger partial charge < -0.3 is 19.5 Å². The average Bonchev–Trinajstić information content (AvgIpc) is 2.57. The molecule has 0 heterocycles. The normalized spacial score (nSPS) is 13.2. The van der Waals surface area contributed by atoms with Crippen molar-refractivity contribution in [1.29, 1.82) is 0 Å². The molecule has 8 heteroatoms. The number of methoxy groups -OCH3 is 1. The average molecular weight is 345 g/mol. The zero-order valence-corrected chi connectivity index (χ0v) is 13.6. The summed E-state index contributed by atoms with van der Waals surface area (Å²) in [6, 6.07) is 8.93. The van der Waals surface area contributed by atoms with Crippen molar-refractivity contribution in [3.63, 3.8) is 0 Å². The molecule has 6 nitrogen and oxygen atoms in total. The first-order valence-electron chi connectivity index (χ1n) is 7.42. The van der Waals surface area contributed by atoms with Gasteiger partial charge in [-0.3, -0.25) is 0 Å². The first-order chi connectivity index (χ1) is 11.4. The second-order valence-corrected chi connectivity index (χ2v) is 5.03. The molecule has 134 valence electrons. The standard InChI is InChI=1S/C16H21F2NO5/c1-3-9-16(13(20)22-2,24-14(17)18)11-19-15(21)23-10-12-7-5-4-6-8-12/h4-8,14H,3,9-11H2,1-2H3,(H,19,21)/t16-/m0/s1. The van der Waals surface area contributed by atoms with Gasteiger partial charge in [0.05, 0.1) is 13.7 Å². The highest BCUT2D eigenvalue weighted by Crippen LogP contribution is 2.23. The molecule has 1 aromatic rings. The van der Waals surface area contributed by atoms with Crippen LogP contribution in [0.15, 0.2) is 30.3 Å². The van der Waals surface area contributed by atoms with E-state index in [0.29, 0.717) is 6.42 Å². The van der Waals surface area contributed by atoms with Gasteiger partial charge in [-0.05, 0) is 12.0 Å². The number of hydrogen-bond donors (Lipinski definition) is 1. The fourth-order valence-corrected chi connectivity index (χ4v) is 2.16. The Morgan fingerprint density at radius 3 is 2.46 bits per heavy atom. The minimum Gasteiger partial charge on any atom is -0.467 e. The van der Waals surface area contributed by atoms with Gasteiger partial charge >= 0.3 is 18.7 Å². The highest BCUT2D eigenvalue weighted by atomic mass is 19.3. The van der Waals surface area contributed by atoms with Crippen molar-refractivity contribution in [2.45, 2.75) is 38.6 Å². The molecule has 0 radical (unpaired) electrons. The Labute approximate surface area is 139 Å². The number of benzene rings is 1. The summed E-state index contributed by atoms with van der Waals surface area (Å²) in [7, 11) is 1.06. The number of halogens is 2. The summed E-state index contributed by atoms with van der Waals surface area (Å²) >= 11 is 0. The van der Waals surface area contributed by atoms with Crippen molar-refractivity contribution in [1.82, 2.24) is 5.32 Å². The van der Waals surface area contributed by atoms with Crippen LogP contribution in [-0.2, 0) is 25.6 Å². The molecule has 0 saturated carbocycles. The highest BCUT2D eigenvalue weighted by molar-refractivity contribution is 5.81. The summed E-state index contributed by atoms with van der Waals surface area (Å²) in [5.41, 5.74) is -1.19. The third kappa shape index (κ3) is 6.11. The molecule has 0 aromatic heterocycles. The summed E-state index contributed by atoms with van der Waals surface area (Å²) in [5, 5.41) is 2.28. The van der Waals surface area contributed by atoms with Crippen LogP contribution < -0.4 is 5.32 Å². The molecule has 1 rings (SSSR count). The van der Waals surface area contributed by atoms with Gasteiger partial charge in [-0.1, -0.05) is 43.7 Å². The van der Waals surface area contributed by atoms with Crippen molar-refractivity contribution in [3.05, 3.63) is 35.9 Å². The topological polar surface area (TPSA) is 73.9 Å². The zero-order valence-electron chi connectivity index (χ0n) is 13.6. The van der Waals surface area contributed by atoms with E-state index in [0.717, 1.165) is 12.7 Å². The highest BCUT2D eigenvalue weighted by Gasteiger charge is 2.43. The van der Waals surface area contributed by atoms with E-state index < -0.39 is 30.8 Å². The van der Waals surface area contributed by atoms with Gasteiger partial charge in [0.25, 0.3) is 0 Å². The van der Waals surface area contributed by atoms with Crippen LogP contribution in [0.1, 0.15) is 25.3 Å². The van der Waals surface area contributed by atoms with Gasteiger partial charge in [-0.25, -0.2) is 9.59 Å². The number of carbonyl (C=O) groups excluding carboxylic acids is 2. The Balaban J connectivity index is 2.65. The first kappa shape index (κ1) is 19.8. The molecular formula is C16H21F2NO5. The van der Waals surface area contributed by atoms with Crippen molar-refractivity contribution < 1.29 is 32.6 Å². The lowest BCUT2D eigenvalue weighted by Gasteiger charge is -2.30. The van der Waals surface area contributed by atoms with E-state index in [9.17, 15) is 18.4 Å². The van der Waals surface area contributed by atoms with Crippen molar-refractivity contribution in [2.75, 3.05) is 13.7 Å². The molecule has 0 aliphatic carbocycles. The number of hydrogen-bond acceptors (Lipinski definition) is 5. The van der Waals surface area contributed by atoms with Crippen molar-refractivity contribution in [2.24, 2.45) is 0 Å². The number of amides is 1. The van der Waals surface area contributed by atoms with Gasteiger partial charge in [0, 0.05) is 0 Å².